The standard InChI is InChI=1S/C21H22N2O4/c1-3-4-9-23(12-15-6-5-10-25-15)21(24)19-17-13-26-18-8-7-14(2)11-16(18)20(17)27-22-19/h5-8,10-11H,3-4,9,12-13H2,1-2H3. The van der Waals surface area contributed by atoms with Crippen LogP contribution in [-0.2, 0) is 13.2 Å². The molecule has 0 fully saturated rings. The molecule has 1 aromatic carbocycles. The molecular formula is C21H22N2O4. The van der Waals surface area contributed by atoms with E-state index in [4.69, 9.17) is 13.7 Å². The Morgan fingerprint density at radius 1 is 1.30 bits per heavy atom. The zero-order valence-corrected chi connectivity index (χ0v) is 15.5. The van der Waals surface area contributed by atoms with Gasteiger partial charge in [-0.2, -0.15) is 0 Å². The molecule has 0 radical (unpaired) electrons. The molecule has 0 spiro atoms. The number of unbranched alkanes of at least 4 members (excludes halogenated alkanes) is 1. The van der Waals surface area contributed by atoms with Crippen molar-refractivity contribution in [3.63, 3.8) is 0 Å². The van der Waals surface area contributed by atoms with Crippen molar-refractivity contribution in [2.75, 3.05) is 6.54 Å². The lowest BCUT2D eigenvalue weighted by Gasteiger charge is -2.22. The number of benzene rings is 1. The largest absolute Gasteiger partial charge is 0.488 e. The van der Waals surface area contributed by atoms with Crippen LogP contribution in [-0.4, -0.2) is 22.5 Å². The van der Waals surface area contributed by atoms with Crippen molar-refractivity contribution in [3.05, 3.63) is 59.2 Å². The Hall–Kier alpha value is -3.02. The summed E-state index contributed by atoms with van der Waals surface area (Å²) < 4.78 is 16.8. The quantitative estimate of drug-likeness (QED) is 0.639. The lowest BCUT2D eigenvalue weighted by molar-refractivity contribution is 0.0716. The summed E-state index contributed by atoms with van der Waals surface area (Å²) in [5, 5.41) is 4.11. The van der Waals surface area contributed by atoms with Gasteiger partial charge >= 0.3 is 0 Å². The summed E-state index contributed by atoms with van der Waals surface area (Å²) in [7, 11) is 0. The second-order valence-corrected chi connectivity index (χ2v) is 6.79. The van der Waals surface area contributed by atoms with Crippen molar-refractivity contribution >= 4 is 5.91 Å². The average molecular weight is 366 g/mol. The number of rotatable bonds is 6. The van der Waals surface area contributed by atoms with Gasteiger partial charge in [0.15, 0.2) is 11.5 Å². The predicted octanol–water partition coefficient (Wildman–Crippen LogP) is 4.58. The fourth-order valence-corrected chi connectivity index (χ4v) is 3.26. The molecule has 4 rings (SSSR count). The highest BCUT2D eigenvalue weighted by Gasteiger charge is 2.31. The van der Waals surface area contributed by atoms with Gasteiger partial charge in [-0.3, -0.25) is 4.79 Å². The van der Waals surface area contributed by atoms with E-state index in [0.717, 1.165) is 35.5 Å². The van der Waals surface area contributed by atoms with Crippen LogP contribution in [0.2, 0.25) is 0 Å². The smallest absolute Gasteiger partial charge is 0.276 e. The minimum absolute atomic E-state index is 0.162. The number of furan rings is 1. The van der Waals surface area contributed by atoms with E-state index in [0.29, 0.717) is 30.1 Å². The third-order valence-corrected chi connectivity index (χ3v) is 4.74. The van der Waals surface area contributed by atoms with Crippen LogP contribution in [0.1, 0.15) is 47.1 Å². The van der Waals surface area contributed by atoms with Crippen molar-refractivity contribution in [1.82, 2.24) is 10.1 Å². The summed E-state index contributed by atoms with van der Waals surface area (Å²) in [6.45, 7) is 5.42. The molecule has 0 N–H and O–H groups in total. The van der Waals surface area contributed by atoms with Crippen LogP contribution in [0.4, 0.5) is 0 Å². The number of amides is 1. The summed E-state index contributed by atoms with van der Waals surface area (Å²) in [6.07, 6.45) is 3.52. The van der Waals surface area contributed by atoms with E-state index in [2.05, 4.69) is 12.1 Å². The average Bonchev–Trinajstić information content (AvgIpc) is 3.34. The number of ether oxygens (including phenoxy) is 1. The van der Waals surface area contributed by atoms with Gasteiger partial charge in [-0.1, -0.05) is 30.1 Å². The summed E-state index contributed by atoms with van der Waals surface area (Å²) >= 11 is 0. The van der Waals surface area contributed by atoms with Gasteiger partial charge in [0.05, 0.1) is 23.9 Å². The van der Waals surface area contributed by atoms with Crippen LogP contribution in [0.15, 0.2) is 45.5 Å². The lowest BCUT2D eigenvalue weighted by Crippen LogP contribution is -2.32. The minimum atomic E-state index is -0.162. The number of aryl methyl sites for hydroxylation is 1. The number of carbonyl (C=O) groups excluding carboxylic acids is 1. The van der Waals surface area contributed by atoms with Gasteiger partial charge in [-0.15, -0.1) is 0 Å². The molecule has 3 aromatic rings. The van der Waals surface area contributed by atoms with E-state index in [1.54, 1.807) is 11.2 Å². The molecule has 0 aliphatic carbocycles. The van der Waals surface area contributed by atoms with Crippen LogP contribution in [0.5, 0.6) is 5.75 Å². The molecule has 3 heterocycles. The maximum atomic E-state index is 13.2. The first kappa shape index (κ1) is 17.4. The number of nitrogens with zero attached hydrogens (tertiary/aromatic N) is 2. The van der Waals surface area contributed by atoms with E-state index >= 15 is 0 Å². The molecule has 0 saturated carbocycles. The number of carbonyl (C=O) groups is 1. The topological polar surface area (TPSA) is 68.7 Å². The second-order valence-electron chi connectivity index (χ2n) is 6.79. The molecule has 0 saturated heterocycles. The molecule has 6 heteroatoms. The highest BCUT2D eigenvalue weighted by Crippen LogP contribution is 2.39. The molecule has 6 nitrogen and oxygen atoms in total. The third-order valence-electron chi connectivity index (χ3n) is 4.74. The first-order chi connectivity index (χ1) is 13.2. The van der Waals surface area contributed by atoms with E-state index in [1.807, 2.05) is 37.3 Å². The SMILES string of the molecule is CCCCN(Cc1ccco1)C(=O)c1noc2c1COc1ccc(C)cc1-2. The van der Waals surface area contributed by atoms with Gasteiger partial charge in [0.25, 0.3) is 5.91 Å². The third kappa shape index (κ3) is 3.35. The summed E-state index contributed by atoms with van der Waals surface area (Å²) in [5.41, 5.74) is 2.96. The van der Waals surface area contributed by atoms with Crippen LogP contribution >= 0.6 is 0 Å². The maximum absolute atomic E-state index is 13.2. The fraction of sp³-hybridized carbons (Fsp3) is 0.333. The van der Waals surface area contributed by atoms with Gasteiger partial charge in [0.1, 0.15) is 18.1 Å². The Morgan fingerprint density at radius 2 is 2.19 bits per heavy atom. The van der Waals surface area contributed by atoms with Crippen LogP contribution < -0.4 is 4.74 Å². The van der Waals surface area contributed by atoms with Crippen molar-refractivity contribution < 1.29 is 18.5 Å². The lowest BCUT2D eigenvalue weighted by atomic mass is 10.0. The Labute approximate surface area is 157 Å². The predicted molar refractivity (Wildman–Crippen MR) is 99.4 cm³/mol. The van der Waals surface area contributed by atoms with Gasteiger partial charge in [-0.05, 0) is 37.6 Å². The number of fused-ring (bicyclic) bond motifs is 3. The molecule has 1 aliphatic heterocycles. The van der Waals surface area contributed by atoms with Gasteiger partial charge in [-0.25, -0.2) is 0 Å². The number of hydrogen-bond donors (Lipinski definition) is 0. The highest BCUT2D eigenvalue weighted by molar-refractivity contribution is 5.95. The monoisotopic (exact) mass is 366 g/mol. The molecular weight excluding hydrogens is 344 g/mol. The van der Waals surface area contributed by atoms with Crippen LogP contribution in [0.3, 0.4) is 0 Å². The fourth-order valence-electron chi connectivity index (χ4n) is 3.26. The Kier molecular flexibility index (Phi) is 4.71. The maximum Gasteiger partial charge on any atom is 0.276 e. The molecule has 0 unspecified atom stereocenters. The molecule has 1 amide bonds. The van der Waals surface area contributed by atoms with Gasteiger partial charge in [0.2, 0.25) is 0 Å². The van der Waals surface area contributed by atoms with E-state index in [-0.39, 0.29) is 12.5 Å². The van der Waals surface area contributed by atoms with Crippen molar-refractivity contribution in [2.24, 2.45) is 0 Å². The summed E-state index contributed by atoms with van der Waals surface area (Å²) in [6, 6.07) is 9.59. The van der Waals surface area contributed by atoms with E-state index in [9.17, 15) is 4.79 Å². The van der Waals surface area contributed by atoms with Crippen molar-refractivity contribution in [1.29, 1.82) is 0 Å². The second kappa shape index (κ2) is 7.31. The van der Waals surface area contributed by atoms with E-state index < -0.39 is 0 Å². The van der Waals surface area contributed by atoms with Crippen LogP contribution in [0, 0.1) is 6.92 Å². The van der Waals surface area contributed by atoms with Gasteiger partial charge in [0, 0.05) is 6.54 Å². The molecule has 0 bridgehead atoms. The zero-order chi connectivity index (χ0) is 18.8. The molecule has 0 atom stereocenters. The summed E-state index contributed by atoms with van der Waals surface area (Å²) in [5.74, 6) is 1.96. The van der Waals surface area contributed by atoms with Crippen LogP contribution in [0.25, 0.3) is 11.3 Å². The first-order valence-electron chi connectivity index (χ1n) is 9.21. The molecule has 27 heavy (non-hydrogen) atoms. The Balaban J connectivity index is 1.65. The Morgan fingerprint density at radius 3 is 2.96 bits per heavy atom. The molecule has 2 aromatic heterocycles. The first-order valence-corrected chi connectivity index (χ1v) is 9.21. The molecule has 1 aliphatic rings. The van der Waals surface area contributed by atoms with Crippen molar-refractivity contribution in [3.8, 4) is 17.1 Å². The normalized spacial score (nSPS) is 12.2. The van der Waals surface area contributed by atoms with Gasteiger partial charge < -0.3 is 18.6 Å². The summed E-state index contributed by atoms with van der Waals surface area (Å²) in [4.78, 5) is 15.0. The highest BCUT2D eigenvalue weighted by atomic mass is 16.5. The zero-order valence-electron chi connectivity index (χ0n) is 15.5. The molecule has 140 valence electrons. The van der Waals surface area contributed by atoms with Crippen molar-refractivity contribution in [2.45, 2.75) is 39.8 Å². The Bertz CT molecular complexity index is 943. The minimum Gasteiger partial charge on any atom is -0.488 e. The number of hydrogen-bond acceptors (Lipinski definition) is 5. The van der Waals surface area contributed by atoms with E-state index in [1.165, 1.54) is 0 Å². The number of aromatic nitrogens is 1.